The molecule has 0 bridgehead atoms. The maximum atomic E-state index is 15.0. The van der Waals surface area contributed by atoms with Crippen LogP contribution in [0.4, 0.5) is 17.6 Å². The van der Waals surface area contributed by atoms with Crippen molar-refractivity contribution in [1.82, 2.24) is 0 Å². The number of methoxy groups -OCH3 is 1. The first-order valence-electron chi connectivity index (χ1n) is 10.1. The minimum absolute atomic E-state index is 0.0150. The van der Waals surface area contributed by atoms with Gasteiger partial charge in [-0.25, -0.2) is 13.2 Å². The molecule has 3 nitrogen and oxygen atoms in total. The Morgan fingerprint density at radius 2 is 1.74 bits per heavy atom. The molecule has 3 aromatic carbocycles. The van der Waals surface area contributed by atoms with Gasteiger partial charge in [0, 0.05) is 23.6 Å². The van der Waals surface area contributed by atoms with Gasteiger partial charge in [-0.3, -0.25) is 0 Å². The molecule has 164 valence electrons. The number of aliphatic hydroxyl groups excluding tert-OH is 1. The van der Waals surface area contributed by atoms with Crippen molar-refractivity contribution < 1.29 is 32.1 Å². The second-order valence-electron chi connectivity index (χ2n) is 7.69. The molecule has 0 saturated heterocycles. The first kappa shape index (κ1) is 21.6. The Bertz CT molecular complexity index is 1150. The summed E-state index contributed by atoms with van der Waals surface area (Å²) >= 11 is 0. The van der Waals surface area contributed by atoms with Crippen molar-refractivity contribution in [1.29, 1.82) is 0 Å². The van der Waals surface area contributed by atoms with Crippen LogP contribution in [-0.4, -0.2) is 18.3 Å². The third-order valence-electron chi connectivity index (χ3n) is 5.84. The van der Waals surface area contributed by atoms with Crippen molar-refractivity contribution in [3.63, 3.8) is 0 Å². The number of hydrogen-bond acceptors (Lipinski definition) is 3. The predicted molar refractivity (Wildman–Crippen MR) is 108 cm³/mol. The van der Waals surface area contributed by atoms with E-state index in [0.29, 0.717) is 35.8 Å². The quantitative estimate of drug-likeness (QED) is 0.522. The van der Waals surface area contributed by atoms with E-state index in [2.05, 4.69) is 0 Å². The summed E-state index contributed by atoms with van der Waals surface area (Å²) in [4.78, 5) is 0. The molecule has 0 saturated carbocycles. The monoisotopic (exact) mass is 434 g/mol. The molecule has 4 rings (SSSR count). The molecule has 1 heterocycles. The zero-order valence-corrected chi connectivity index (χ0v) is 17.1. The summed E-state index contributed by atoms with van der Waals surface area (Å²) < 4.78 is 70.6. The fourth-order valence-corrected chi connectivity index (χ4v) is 4.12. The number of rotatable bonds is 5. The van der Waals surface area contributed by atoms with Crippen LogP contribution in [0.5, 0.6) is 5.75 Å². The lowest BCUT2D eigenvalue weighted by Gasteiger charge is -2.28. The zero-order valence-electron chi connectivity index (χ0n) is 17.1. The largest absolute Gasteiger partial charge is 0.487 e. The van der Waals surface area contributed by atoms with Crippen molar-refractivity contribution in [2.45, 2.75) is 45.0 Å². The maximum absolute atomic E-state index is 15.0. The van der Waals surface area contributed by atoms with Crippen LogP contribution in [0.2, 0.25) is 0 Å². The number of benzene rings is 3. The molecule has 1 N–H and O–H groups in total. The number of aliphatic hydroxyl groups is 1. The fraction of sp³-hybridized carbons (Fsp3) is 0.333. The van der Waals surface area contributed by atoms with E-state index in [0.717, 1.165) is 0 Å². The van der Waals surface area contributed by atoms with Gasteiger partial charge in [-0.15, -0.1) is 0 Å². The summed E-state index contributed by atoms with van der Waals surface area (Å²) in [5, 5.41) is 9.58. The highest BCUT2D eigenvalue weighted by molar-refractivity contribution is 5.85. The average molecular weight is 434 g/mol. The van der Waals surface area contributed by atoms with Crippen LogP contribution in [0.1, 0.15) is 48.1 Å². The second-order valence-corrected chi connectivity index (χ2v) is 7.69. The van der Waals surface area contributed by atoms with Gasteiger partial charge in [0.1, 0.15) is 6.10 Å². The molecule has 0 aliphatic carbocycles. The first-order chi connectivity index (χ1) is 14.9. The number of aryl methyl sites for hydroxylation is 1. The molecule has 2 atom stereocenters. The Labute approximate surface area is 177 Å². The standard InChI is InChI=1S/C24H22F4O3/c1-3-15-7-6-14-10-18(21(27)22(28)23(14)31-15)24(30-2)17-9-13-5-4-12(11-29)8-16(13)19(25)20(17)26/h4-5,8-10,15,24,29H,3,6-7,11H2,1-2H3. The predicted octanol–water partition coefficient (Wildman–Crippen LogP) is 5.73. The van der Waals surface area contributed by atoms with E-state index in [1.165, 1.54) is 31.4 Å². The van der Waals surface area contributed by atoms with Crippen LogP contribution in [0.15, 0.2) is 30.3 Å². The molecule has 3 aromatic rings. The van der Waals surface area contributed by atoms with E-state index in [9.17, 15) is 18.3 Å². The Morgan fingerprint density at radius 3 is 2.42 bits per heavy atom. The zero-order chi connectivity index (χ0) is 22.3. The molecule has 2 unspecified atom stereocenters. The molecule has 0 spiro atoms. The molecule has 0 fully saturated rings. The summed E-state index contributed by atoms with van der Waals surface area (Å²) in [7, 11) is 1.22. The lowest BCUT2D eigenvalue weighted by Crippen LogP contribution is -2.24. The molecule has 1 aliphatic rings. The van der Waals surface area contributed by atoms with Gasteiger partial charge in [-0.05, 0) is 54.0 Å². The van der Waals surface area contributed by atoms with Gasteiger partial charge in [-0.1, -0.05) is 19.1 Å². The minimum Gasteiger partial charge on any atom is -0.487 e. The van der Waals surface area contributed by atoms with Crippen molar-refractivity contribution in [3.8, 4) is 5.75 Å². The third-order valence-corrected chi connectivity index (χ3v) is 5.84. The molecular formula is C24H22F4O3. The highest BCUT2D eigenvalue weighted by atomic mass is 19.2. The van der Waals surface area contributed by atoms with Crippen molar-refractivity contribution in [2.24, 2.45) is 0 Å². The highest BCUT2D eigenvalue weighted by Crippen LogP contribution is 2.40. The minimum atomic E-state index is -1.36. The summed E-state index contributed by atoms with van der Waals surface area (Å²) in [6.45, 7) is 1.58. The fourth-order valence-electron chi connectivity index (χ4n) is 4.12. The first-order valence-corrected chi connectivity index (χ1v) is 10.1. The number of ether oxygens (including phenoxy) is 2. The molecule has 1 aliphatic heterocycles. The Balaban J connectivity index is 1.86. The van der Waals surface area contributed by atoms with Gasteiger partial charge < -0.3 is 14.6 Å². The molecule has 31 heavy (non-hydrogen) atoms. The van der Waals surface area contributed by atoms with E-state index >= 15 is 4.39 Å². The lowest BCUT2D eigenvalue weighted by atomic mass is 9.92. The summed E-state index contributed by atoms with van der Waals surface area (Å²) in [6.07, 6.45) is 0.245. The Hall–Kier alpha value is -2.64. The highest BCUT2D eigenvalue weighted by Gasteiger charge is 2.31. The van der Waals surface area contributed by atoms with Crippen LogP contribution in [0.25, 0.3) is 10.8 Å². The van der Waals surface area contributed by atoms with Crippen LogP contribution < -0.4 is 4.74 Å². The molecule has 0 radical (unpaired) electrons. The van der Waals surface area contributed by atoms with Crippen molar-refractivity contribution >= 4 is 10.8 Å². The third kappa shape index (κ3) is 3.66. The van der Waals surface area contributed by atoms with Gasteiger partial charge in [0.05, 0.1) is 12.7 Å². The Kier molecular flexibility index (Phi) is 5.90. The van der Waals surface area contributed by atoms with Crippen molar-refractivity contribution in [3.05, 3.63) is 75.9 Å². The normalized spacial score (nSPS) is 16.8. The topological polar surface area (TPSA) is 38.7 Å². The van der Waals surface area contributed by atoms with Crippen molar-refractivity contribution in [2.75, 3.05) is 7.11 Å². The van der Waals surface area contributed by atoms with E-state index in [4.69, 9.17) is 9.47 Å². The molecule has 0 aromatic heterocycles. The van der Waals surface area contributed by atoms with Gasteiger partial charge >= 0.3 is 0 Å². The summed E-state index contributed by atoms with van der Waals surface area (Å²) in [6, 6.07) is 7.21. The summed E-state index contributed by atoms with van der Waals surface area (Å²) in [5.41, 5.74) is 0.428. The van der Waals surface area contributed by atoms with Crippen LogP contribution in [0.3, 0.4) is 0 Å². The van der Waals surface area contributed by atoms with Gasteiger partial charge in [0.2, 0.25) is 5.82 Å². The number of hydrogen-bond donors (Lipinski definition) is 1. The second kappa shape index (κ2) is 8.48. The molecular weight excluding hydrogens is 412 g/mol. The van der Waals surface area contributed by atoms with E-state index < -0.39 is 29.4 Å². The van der Waals surface area contributed by atoms with Gasteiger partial charge in [0.15, 0.2) is 23.2 Å². The van der Waals surface area contributed by atoms with Crippen LogP contribution >= 0.6 is 0 Å². The maximum Gasteiger partial charge on any atom is 0.201 e. The van der Waals surface area contributed by atoms with E-state index in [-0.39, 0.29) is 35.0 Å². The Morgan fingerprint density at radius 1 is 1.03 bits per heavy atom. The van der Waals surface area contributed by atoms with Crippen LogP contribution in [-0.2, 0) is 17.8 Å². The summed E-state index contributed by atoms with van der Waals surface area (Å²) in [5.74, 6) is -4.84. The lowest BCUT2D eigenvalue weighted by molar-refractivity contribution is 0.126. The smallest absolute Gasteiger partial charge is 0.201 e. The average Bonchev–Trinajstić information content (AvgIpc) is 2.80. The van der Waals surface area contributed by atoms with Gasteiger partial charge in [-0.2, -0.15) is 4.39 Å². The van der Waals surface area contributed by atoms with Crippen LogP contribution in [0, 0.1) is 23.3 Å². The molecule has 7 heteroatoms. The van der Waals surface area contributed by atoms with E-state index in [1.807, 2.05) is 6.92 Å². The molecule has 0 amide bonds. The van der Waals surface area contributed by atoms with E-state index in [1.54, 1.807) is 6.07 Å². The van der Waals surface area contributed by atoms with Gasteiger partial charge in [0.25, 0.3) is 0 Å². The number of fused-ring (bicyclic) bond motifs is 2. The number of halogens is 4. The SMILES string of the molecule is CCC1CCc2cc(C(OC)c3cc4ccc(CO)cc4c(F)c3F)c(F)c(F)c2O1.